The van der Waals surface area contributed by atoms with E-state index in [1.54, 1.807) is 24.3 Å². The number of hydrogen-bond donors (Lipinski definition) is 0. The fourth-order valence-corrected chi connectivity index (χ4v) is 4.77. The van der Waals surface area contributed by atoms with Crippen LogP contribution in [0.25, 0.3) is 0 Å². The summed E-state index contributed by atoms with van der Waals surface area (Å²) in [7, 11) is 0. The van der Waals surface area contributed by atoms with E-state index < -0.39 is 5.97 Å². The minimum atomic E-state index is -0.402. The van der Waals surface area contributed by atoms with Crippen LogP contribution in [-0.4, -0.2) is 24.6 Å². The molecule has 0 amide bonds. The molecule has 0 unspecified atom stereocenters. The molecule has 0 radical (unpaired) electrons. The molecule has 3 rings (SSSR count). The monoisotopic (exact) mass is 508 g/mol. The fraction of sp³-hybridized carbons (Fsp3) is 0.562. The second kappa shape index (κ2) is 16.1. The lowest BCUT2D eigenvalue weighted by atomic mass is 9.94. The highest BCUT2D eigenvalue weighted by atomic mass is 16.6. The van der Waals surface area contributed by atoms with Gasteiger partial charge in [0.15, 0.2) is 0 Å². The van der Waals surface area contributed by atoms with Crippen LogP contribution in [0.2, 0.25) is 0 Å². The zero-order chi connectivity index (χ0) is 26.3. The summed E-state index contributed by atoms with van der Waals surface area (Å²) in [4.78, 5) is 24.8. The second-order valence-electron chi connectivity index (χ2n) is 10.2. The smallest absolute Gasteiger partial charge is 0.343 e. The standard InChI is InChI=1S/C32H44O5/c1-3-5-7-9-10-12-22-35-28-20-16-26(17-21-28)31(33)36-29-18-14-25(15-19-29)23-27-24-30(37-32(27)34)13-11-8-6-4-2/h14-21,27,30H,3-13,22-24H2,1-2H3/t27-,30+/m0/s1. The van der Waals surface area contributed by atoms with Crippen LogP contribution in [0, 0.1) is 5.92 Å². The maximum atomic E-state index is 12.6. The van der Waals surface area contributed by atoms with E-state index in [0.29, 0.717) is 24.3 Å². The molecule has 2 aromatic rings. The molecule has 0 aliphatic carbocycles. The van der Waals surface area contributed by atoms with Crippen molar-refractivity contribution >= 4 is 11.9 Å². The molecule has 1 aliphatic rings. The van der Waals surface area contributed by atoms with Crippen LogP contribution in [0.4, 0.5) is 0 Å². The quantitative estimate of drug-likeness (QED) is 0.123. The summed E-state index contributed by atoms with van der Waals surface area (Å²) in [5.41, 5.74) is 1.52. The average molecular weight is 509 g/mol. The Morgan fingerprint density at radius 2 is 1.43 bits per heavy atom. The lowest BCUT2D eigenvalue weighted by Gasteiger charge is -2.09. The van der Waals surface area contributed by atoms with Gasteiger partial charge >= 0.3 is 11.9 Å². The van der Waals surface area contributed by atoms with Crippen LogP contribution in [0.5, 0.6) is 11.5 Å². The van der Waals surface area contributed by atoms with Crippen LogP contribution in [0.1, 0.15) is 107 Å². The predicted molar refractivity (Wildman–Crippen MR) is 147 cm³/mol. The van der Waals surface area contributed by atoms with Gasteiger partial charge in [0.2, 0.25) is 0 Å². The molecule has 202 valence electrons. The highest BCUT2D eigenvalue weighted by molar-refractivity contribution is 5.91. The number of hydrogen-bond acceptors (Lipinski definition) is 5. The van der Waals surface area contributed by atoms with Crippen molar-refractivity contribution in [3.63, 3.8) is 0 Å². The van der Waals surface area contributed by atoms with Crippen molar-refractivity contribution in [2.45, 2.75) is 103 Å². The minimum absolute atomic E-state index is 0.0573. The molecule has 2 aromatic carbocycles. The van der Waals surface area contributed by atoms with Gasteiger partial charge < -0.3 is 14.2 Å². The summed E-state index contributed by atoms with van der Waals surface area (Å²) >= 11 is 0. The lowest BCUT2D eigenvalue weighted by Crippen LogP contribution is -2.11. The predicted octanol–water partition coefficient (Wildman–Crippen LogP) is 8.09. The van der Waals surface area contributed by atoms with Crippen LogP contribution in [0.3, 0.4) is 0 Å². The van der Waals surface area contributed by atoms with Crippen molar-refractivity contribution in [2.75, 3.05) is 6.61 Å². The number of unbranched alkanes of at least 4 members (excludes halogenated alkanes) is 8. The first-order valence-electron chi connectivity index (χ1n) is 14.3. The Balaban J connectivity index is 1.39. The van der Waals surface area contributed by atoms with Crippen LogP contribution < -0.4 is 9.47 Å². The zero-order valence-corrected chi connectivity index (χ0v) is 22.7. The normalized spacial score (nSPS) is 17.0. The molecular formula is C32H44O5. The molecular weight excluding hydrogens is 464 g/mol. The first-order chi connectivity index (χ1) is 18.1. The van der Waals surface area contributed by atoms with Gasteiger partial charge in [0.25, 0.3) is 0 Å². The van der Waals surface area contributed by atoms with E-state index >= 15 is 0 Å². The maximum absolute atomic E-state index is 12.6. The molecule has 1 heterocycles. The Morgan fingerprint density at radius 3 is 2.14 bits per heavy atom. The van der Waals surface area contributed by atoms with Gasteiger partial charge in [-0.05, 0) is 74.1 Å². The largest absolute Gasteiger partial charge is 0.494 e. The first kappa shape index (κ1) is 28.7. The van der Waals surface area contributed by atoms with Gasteiger partial charge in [0.1, 0.15) is 17.6 Å². The van der Waals surface area contributed by atoms with Crippen LogP contribution in [-0.2, 0) is 16.0 Å². The molecule has 0 spiro atoms. The van der Waals surface area contributed by atoms with Crippen molar-refractivity contribution in [3.8, 4) is 11.5 Å². The van der Waals surface area contributed by atoms with Crippen molar-refractivity contribution < 1.29 is 23.8 Å². The molecule has 0 saturated carbocycles. The number of rotatable bonds is 17. The first-order valence-corrected chi connectivity index (χ1v) is 14.3. The lowest BCUT2D eigenvalue weighted by molar-refractivity contribution is -0.144. The van der Waals surface area contributed by atoms with E-state index in [2.05, 4.69) is 13.8 Å². The third-order valence-electron chi connectivity index (χ3n) is 7.02. The Bertz CT molecular complexity index is 935. The van der Waals surface area contributed by atoms with E-state index in [1.807, 2.05) is 24.3 Å². The third-order valence-corrected chi connectivity index (χ3v) is 7.02. The number of cyclic esters (lactones) is 1. The van der Waals surface area contributed by atoms with Crippen molar-refractivity contribution in [2.24, 2.45) is 5.92 Å². The van der Waals surface area contributed by atoms with Gasteiger partial charge in [0.05, 0.1) is 18.1 Å². The highest BCUT2D eigenvalue weighted by Gasteiger charge is 2.33. The summed E-state index contributed by atoms with van der Waals surface area (Å²) in [5, 5.41) is 0. The Kier molecular flexibility index (Phi) is 12.5. The van der Waals surface area contributed by atoms with Crippen LogP contribution >= 0.6 is 0 Å². The number of benzene rings is 2. The summed E-state index contributed by atoms with van der Waals surface area (Å²) in [6, 6.07) is 14.5. The number of ether oxygens (including phenoxy) is 3. The molecule has 2 atom stereocenters. The van der Waals surface area contributed by atoms with E-state index in [1.165, 1.54) is 51.4 Å². The minimum Gasteiger partial charge on any atom is -0.494 e. The van der Waals surface area contributed by atoms with Gasteiger partial charge in [-0.1, -0.05) is 77.3 Å². The summed E-state index contributed by atoms with van der Waals surface area (Å²) < 4.78 is 16.9. The van der Waals surface area contributed by atoms with E-state index in [4.69, 9.17) is 14.2 Å². The Hall–Kier alpha value is -2.82. The molecule has 5 nitrogen and oxygen atoms in total. The van der Waals surface area contributed by atoms with Gasteiger partial charge in [0, 0.05) is 0 Å². The van der Waals surface area contributed by atoms with Crippen LogP contribution in [0.15, 0.2) is 48.5 Å². The van der Waals surface area contributed by atoms with E-state index in [9.17, 15) is 9.59 Å². The fourth-order valence-electron chi connectivity index (χ4n) is 4.77. The Morgan fingerprint density at radius 1 is 0.811 bits per heavy atom. The molecule has 0 aromatic heterocycles. The van der Waals surface area contributed by atoms with E-state index in [-0.39, 0.29) is 18.0 Å². The highest BCUT2D eigenvalue weighted by Crippen LogP contribution is 2.28. The summed E-state index contributed by atoms with van der Waals surface area (Å²) in [6.45, 7) is 5.11. The zero-order valence-electron chi connectivity index (χ0n) is 22.7. The molecule has 5 heteroatoms. The molecule has 1 aliphatic heterocycles. The summed E-state index contributed by atoms with van der Waals surface area (Å²) in [5.74, 6) is 0.672. The molecule has 1 fully saturated rings. The summed E-state index contributed by atoms with van der Waals surface area (Å²) in [6.07, 6.45) is 14.6. The second-order valence-corrected chi connectivity index (χ2v) is 10.2. The SMILES string of the molecule is CCCCCCCCOc1ccc(C(=O)Oc2ccc(C[C@H]3C[C@@H](CCCCCC)OC3=O)cc2)cc1. The van der Waals surface area contributed by atoms with Crippen molar-refractivity contribution in [1.29, 1.82) is 0 Å². The Labute approximate surface area is 222 Å². The molecule has 0 bridgehead atoms. The number of carbonyl (C=O) groups is 2. The van der Waals surface area contributed by atoms with Gasteiger partial charge in [-0.15, -0.1) is 0 Å². The van der Waals surface area contributed by atoms with Crippen molar-refractivity contribution in [1.82, 2.24) is 0 Å². The molecule has 37 heavy (non-hydrogen) atoms. The number of carbonyl (C=O) groups excluding carboxylic acids is 2. The topological polar surface area (TPSA) is 61.8 Å². The van der Waals surface area contributed by atoms with E-state index in [0.717, 1.165) is 37.0 Å². The molecule has 0 N–H and O–H groups in total. The van der Waals surface area contributed by atoms with Gasteiger partial charge in [-0.3, -0.25) is 4.79 Å². The third kappa shape index (κ3) is 10.2. The van der Waals surface area contributed by atoms with Gasteiger partial charge in [-0.2, -0.15) is 0 Å². The maximum Gasteiger partial charge on any atom is 0.343 e. The average Bonchev–Trinajstić information content (AvgIpc) is 3.26. The number of esters is 2. The van der Waals surface area contributed by atoms with Crippen molar-refractivity contribution in [3.05, 3.63) is 59.7 Å². The molecule has 1 saturated heterocycles. The van der Waals surface area contributed by atoms with Gasteiger partial charge in [-0.25, -0.2) is 4.79 Å².